The van der Waals surface area contributed by atoms with Crippen molar-refractivity contribution in [3.63, 3.8) is 0 Å². The first-order valence-corrected chi connectivity index (χ1v) is 7.07. The Kier molecular flexibility index (Phi) is 4.01. The fourth-order valence-electron chi connectivity index (χ4n) is 1.64. The van der Waals surface area contributed by atoms with Crippen LogP contribution in [0.2, 0.25) is 0 Å². The van der Waals surface area contributed by atoms with Crippen molar-refractivity contribution < 1.29 is 13.8 Å². The van der Waals surface area contributed by atoms with Crippen molar-refractivity contribution in [3.05, 3.63) is 63.7 Å². The highest BCUT2D eigenvalue weighted by molar-refractivity contribution is 8.02. The molecule has 0 saturated heterocycles. The second-order valence-electron chi connectivity index (χ2n) is 4.09. The SMILES string of the molecule is O=[N+]([O-])c1ccc(/C=C/Sc2nnc(-c3ccccc3)o2)o1. The van der Waals surface area contributed by atoms with Gasteiger partial charge in [-0.1, -0.05) is 18.2 Å². The van der Waals surface area contributed by atoms with Crippen molar-refractivity contribution >= 4 is 23.7 Å². The summed E-state index contributed by atoms with van der Waals surface area (Å²) in [6.07, 6.45) is 1.59. The molecule has 0 N–H and O–H groups in total. The third-order valence-electron chi connectivity index (χ3n) is 2.62. The average Bonchev–Trinajstić information content (AvgIpc) is 3.18. The lowest BCUT2D eigenvalue weighted by molar-refractivity contribution is -0.402. The average molecular weight is 315 g/mol. The number of aromatic nitrogens is 2. The van der Waals surface area contributed by atoms with Crippen molar-refractivity contribution in [2.75, 3.05) is 0 Å². The zero-order chi connectivity index (χ0) is 15.4. The van der Waals surface area contributed by atoms with Crippen LogP contribution in [-0.2, 0) is 0 Å². The molecule has 0 aliphatic heterocycles. The molecule has 0 atom stereocenters. The Labute approximate surface area is 128 Å². The van der Waals surface area contributed by atoms with Crippen molar-refractivity contribution in [1.29, 1.82) is 0 Å². The minimum atomic E-state index is -0.589. The molecule has 110 valence electrons. The van der Waals surface area contributed by atoms with Crippen molar-refractivity contribution in [2.45, 2.75) is 5.22 Å². The number of rotatable bonds is 5. The third kappa shape index (κ3) is 3.23. The molecule has 2 aromatic heterocycles. The van der Waals surface area contributed by atoms with E-state index < -0.39 is 4.92 Å². The maximum absolute atomic E-state index is 10.5. The number of nitrogens with zero attached hydrogens (tertiary/aromatic N) is 3. The van der Waals surface area contributed by atoms with Gasteiger partial charge in [-0.05, 0) is 41.4 Å². The van der Waals surface area contributed by atoms with Crippen LogP contribution in [0.1, 0.15) is 5.76 Å². The number of hydrogen-bond donors (Lipinski definition) is 0. The van der Waals surface area contributed by atoms with Crippen LogP contribution < -0.4 is 0 Å². The first-order valence-electron chi connectivity index (χ1n) is 6.19. The standard InChI is InChI=1S/C14H9N3O4S/c18-17(19)12-7-6-11(20-12)8-9-22-14-16-15-13(21-14)10-4-2-1-3-5-10/h1-9H/b9-8+. The number of hydrogen-bond acceptors (Lipinski definition) is 7. The van der Waals surface area contributed by atoms with Gasteiger partial charge in [-0.3, -0.25) is 10.1 Å². The third-order valence-corrected chi connectivity index (χ3v) is 3.26. The first-order chi connectivity index (χ1) is 10.7. The Morgan fingerprint density at radius 1 is 1.09 bits per heavy atom. The van der Waals surface area contributed by atoms with E-state index in [1.165, 1.54) is 23.9 Å². The van der Waals surface area contributed by atoms with Crippen LogP contribution in [0.4, 0.5) is 5.88 Å². The maximum Gasteiger partial charge on any atom is 0.433 e. The topological polar surface area (TPSA) is 95.2 Å². The summed E-state index contributed by atoms with van der Waals surface area (Å²) in [6.45, 7) is 0. The predicted octanol–water partition coefficient (Wildman–Crippen LogP) is 4.00. The molecule has 0 radical (unpaired) electrons. The maximum atomic E-state index is 10.5. The molecule has 0 fully saturated rings. The predicted molar refractivity (Wildman–Crippen MR) is 80.0 cm³/mol. The van der Waals surface area contributed by atoms with E-state index in [9.17, 15) is 10.1 Å². The molecule has 0 saturated carbocycles. The van der Waals surface area contributed by atoms with E-state index in [4.69, 9.17) is 8.83 Å². The lowest BCUT2D eigenvalue weighted by Crippen LogP contribution is -1.82. The highest BCUT2D eigenvalue weighted by atomic mass is 32.2. The number of thioether (sulfide) groups is 1. The fraction of sp³-hybridized carbons (Fsp3) is 0. The van der Waals surface area contributed by atoms with Gasteiger partial charge in [0.2, 0.25) is 5.89 Å². The smallest absolute Gasteiger partial charge is 0.411 e. The highest BCUT2D eigenvalue weighted by Crippen LogP contribution is 2.25. The molecule has 0 bridgehead atoms. The van der Waals surface area contributed by atoms with Gasteiger partial charge in [-0.15, -0.1) is 10.2 Å². The summed E-state index contributed by atoms with van der Waals surface area (Å²) < 4.78 is 10.5. The van der Waals surface area contributed by atoms with Crippen LogP contribution in [-0.4, -0.2) is 15.1 Å². The molecule has 0 spiro atoms. The molecule has 0 unspecified atom stereocenters. The summed E-state index contributed by atoms with van der Waals surface area (Å²) in [5.74, 6) is 0.515. The minimum absolute atomic E-state index is 0.297. The van der Waals surface area contributed by atoms with E-state index in [0.29, 0.717) is 16.9 Å². The van der Waals surface area contributed by atoms with Crippen LogP contribution in [0.3, 0.4) is 0 Å². The van der Waals surface area contributed by atoms with E-state index in [1.807, 2.05) is 30.3 Å². The van der Waals surface area contributed by atoms with Gasteiger partial charge in [0.15, 0.2) is 0 Å². The highest BCUT2D eigenvalue weighted by Gasteiger charge is 2.10. The molecule has 2 heterocycles. The van der Waals surface area contributed by atoms with E-state index in [1.54, 1.807) is 11.5 Å². The second kappa shape index (κ2) is 6.27. The molecule has 3 rings (SSSR count). The summed E-state index contributed by atoms with van der Waals surface area (Å²) in [4.78, 5) is 9.91. The van der Waals surface area contributed by atoms with E-state index in [-0.39, 0.29) is 5.88 Å². The van der Waals surface area contributed by atoms with Crippen LogP contribution in [0.25, 0.3) is 17.5 Å². The van der Waals surface area contributed by atoms with Crippen molar-refractivity contribution in [3.8, 4) is 11.5 Å². The van der Waals surface area contributed by atoms with Gasteiger partial charge in [0.25, 0.3) is 5.22 Å². The van der Waals surface area contributed by atoms with Gasteiger partial charge in [0.1, 0.15) is 10.7 Å². The largest absolute Gasteiger partial charge is 0.433 e. The molecule has 0 aliphatic rings. The molecule has 0 amide bonds. The monoisotopic (exact) mass is 315 g/mol. The lowest BCUT2D eigenvalue weighted by Gasteiger charge is -1.91. The Balaban J connectivity index is 1.65. The normalized spacial score (nSPS) is 11.1. The van der Waals surface area contributed by atoms with Crippen molar-refractivity contribution in [2.24, 2.45) is 0 Å². The van der Waals surface area contributed by atoms with Crippen LogP contribution >= 0.6 is 11.8 Å². The molecule has 7 nitrogen and oxygen atoms in total. The van der Waals surface area contributed by atoms with E-state index in [2.05, 4.69) is 10.2 Å². The van der Waals surface area contributed by atoms with E-state index in [0.717, 1.165) is 5.56 Å². The van der Waals surface area contributed by atoms with Gasteiger partial charge in [0.05, 0.1) is 6.07 Å². The van der Waals surface area contributed by atoms with Gasteiger partial charge < -0.3 is 8.83 Å². The zero-order valence-electron chi connectivity index (χ0n) is 11.1. The summed E-state index contributed by atoms with van der Waals surface area (Å²) in [5, 5.41) is 20.4. The van der Waals surface area contributed by atoms with Gasteiger partial charge in [-0.2, -0.15) is 0 Å². The molecular formula is C14H9N3O4S. The van der Waals surface area contributed by atoms with E-state index >= 15 is 0 Å². The van der Waals surface area contributed by atoms with Gasteiger partial charge >= 0.3 is 5.88 Å². The molecule has 8 heteroatoms. The Morgan fingerprint density at radius 2 is 1.91 bits per heavy atom. The number of benzene rings is 1. The Morgan fingerprint density at radius 3 is 2.64 bits per heavy atom. The van der Waals surface area contributed by atoms with Crippen LogP contribution in [0, 0.1) is 10.1 Å². The summed E-state index contributed by atoms with van der Waals surface area (Å²) in [7, 11) is 0. The van der Waals surface area contributed by atoms with Crippen LogP contribution in [0.5, 0.6) is 0 Å². The molecule has 1 aromatic carbocycles. The van der Waals surface area contributed by atoms with Crippen LogP contribution in [0.15, 0.2) is 61.9 Å². The summed E-state index contributed by atoms with van der Waals surface area (Å²) in [5.41, 5.74) is 0.840. The quantitative estimate of drug-likeness (QED) is 0.399. The molecular weight excluding hydrogens is 306 g/mol. The lowest BCUT2D eigenvalue weighted by atomic mass is 10.2. The zero-order valence-corrected chi connectivity index (χ0v) is 11.9. The first kappa shape index (κ1) is 14.1. The summed E-state index contributed by atoms with van der Waals surface area (Å²) >= 11 is 1.20. The number of nitro groups is 1. The molecule has 3 aromatic rings. The van der Waals surface area contributed by atoms with Gasteiger partial charge in [-0.25, -0.2) is 0 Å². The minimum Gasteiger partial charge on any atom is -0.411 e. The fourth-order valence-corrected chi connectivity index (χ4v) is 2.18. The Bertz CT molecular complexity index is 810. The van der Waals surface area contributed by atoms with Crippen molar-refractivity contribution in [1.82, 2.24) is 10.2 Å². The molecule has 0 aliphatic carbocycles. The van der Waals surface area contributed by atoms with Gasteiger partial charge in [0, 0.05) is 5.56 Å². The Hall–Kier alpha value is -2.87. The molecule has 22 heavy (non-hydrogen) atoms. The number of furan rings is 1. The summed E-state index contributed by atoms with van der Waals surface area (Å²) in [6, 6.07) is 12.2. The second-order valence-corrected chi connectivity index (χ2v) is 4.95.